The molecule has 1 aromatic heterocycles. The summed E-state index contributed by atoms with van der Waals surface area (Å²) in [4.78, 5) is 26.6. The molecule has 2 aromatic rings. The summed E-state index contributed by atoms with van der Waals surface area (Å²) in [7, 11) is 3.35. The van der Waals surface area contributed by atoms with Gasteiger partial charge in [-0.3, -0.25) is 4.90 Å². The largest absolute Gasteiger partial charge is 0.444 e. The van der Waals surface area contributed by atoms with Crippen molar-refractivity contribution in [2.24, 2.45) is 0 Å². The normalized spacial score (nSPS) is 20.8. The van der Waals surface area contributed by atoms with Crippen molar-refractivity contribution in [2.75, 3.05) is 37.0 Å². The Morgan fingerprint density at radius 2 is 1.74 bits per heavy atom. The van der Waals surface area contributed by atoms with Crippen molar-refractivity contribution in [1.29, 1.82) is 0 Å². The third-order valence-corrected chi connectivity index (χ3v) is 6.71. The number of fused-ring (bicyclic) bond motifs is 3. The van der Waals surface area contributed by atoms with Crippen LogP contribution in [0.3, 0.4) is 0 Å². The number of nitrogens with zero attached hydrogens (tertiary/aromatic N) is 5. The van der Waals surface area contributed by atoms with Crippen LogP contribution >= 0.6 is 15.9 Å². The van der Waals surface area contributed by atoms with E-state index in [2.05, 4.69) is 25.9 Å². The first-order valence-electron chi connectivity index (χ1n) is 10.9. The van der Waals surface area contributed by atoms with Gasteiger partial charge >= 0.3 is 12.3 Å². The van der Waals surface area contributed by atoms with Gasteiger partial charge in [-0.15, -0.1) is 0 Å². The van der Waals surface area contributed by atoms with Crippen LogP contribution in [0.4, 0.5) is 34.1 Å². The fourth-order valence-electron chi connectivity index (χ4n) is 4.51. The van der Waals surface area contributed by atoms with Gasteiger partial charge in [0.1, 0.15) is 16.9 Å². The number of carbonyl (C=O) groups is 1. The zero-order valence-electron chi connectivity index (χ0n) is 19.5. The molecule has 186 valence electrons. The Morgan fingerprint density at radius 3 is 2.24 bits per heavy atom. The molecule has 34 heavy (non-hydrogen) atoms. The van der Waals surface area contributed by atoms with Gasteiger partial charge in [-0.2, -0.15) is 18.2 Å². The first kappa shape index (κ1) is 24.7. The molecule has 7 nitrogen and oxygen atoms in total. The summed E-state index contributed by atoms with van der Waals surface area (Å²) < 4.78 is 60.9. The number of piperazine rings is 1. The third-order valence-electron chi connectivity index (χ3n) is 5.93. The summed E-state index contributed by atoms with van der Waals surface area (Å²) in [6, 6.07) is 0.506. The molecule has 2 saturated heterocycles. The second-order valence-corrected chi connectivity index (χ2v) is 10.7. The number of amides is 1. The fraction of sp³-hybridized carbons (Fsp3) is 0.591. The van der Waals surface area contributed by atoms with Crippen molar-refractivity contribution in [3.8, 4) is 0 Å². The van der Waals surface area contributed by atoms with E-state index in [1.165, 1.54) is 0 Å². The van der Waals surface area contributed by atoms with Crippen LogP contribution in [0.1, 0.15) is 39.2 Å². The first-order valence-corrected chi connectivity index (χ1v) is 11.7. The van der Waals surface area contributed by atoms with Gasteiger partial charge in [-0.1, -0.05) is 0 Å². The lowest BCUT2D eigenvalue weighted by molar-refractivity contribution is -0.138. The quantitative estimate of drug-likeness (QED) is 0.481. The van der Waals surface area contributed by atoms with Crippen LogP contribution in [-0.2, 0) is 10.9 Å². The summed E-state index contributed by atoms with van der Waals surface area (Å²) in [6.07, 6.45) is -3.70. The molecule has 0 spiro atoms. The molecule has 0 saturated carbocycles. The monoisotopic (exact) mass is 547 g/mol. The van der Waals surface area contributed by atoms with Crippen LogP contribution in [0.5, 0.6) is 0 Å². The Balaban J connectivity index is 1.79. The van der Waals surface area contributed by atoms with E-state index in [0.29, 0.717) is 13.1 Å². The Kier molecular flexibility index (Phi) is 6.10. The number of ether oxygens (including phenoxy) is 1. The Hall–Kier alpha value is -2.37. The van der Waals surface area contributed by atoms with Crippen molar-refractivity contribution in [3.63, 3.8) is 0 Å². The molecule has 2 fully saturated rings. The average Bonchev–Trinajstić information content (AvgIpc) is 2.97. The predicted molar refractivity (Wildman–Crippen MR) is 124 cm³/mol. The molecular weight excluding hydrogens is 522 g/mol. The zero-order valence-corrected chi connectivity index (χ0v) is 21.1. The number of alkyl halides is 3. The SMILES string of the molecule is CN(C)c1nc(N2CC3CCC(C2)N3C(=O)OC(C)(C)C)c2cc(C(F)(F)F)c(Br)c(F)c2n1. The van der Waals surface area contributed by atoms with E-state index in [-0.39, 0.29) is 34.8 Å². The number of hydrogen-bond donors (Lipinski definition) is 0. The number of benzene rings is 1. The molecule has 2 aliphatic rings. The van der Waals surface area contributed by atoms with Gasteiger partial charge in [0.2, 0.25) is 5.95 Å². The van der Waals surface area contributed by atoms with Crippen LogP contribution in [0.25, 0.3) is 10.9 Å². The highest BCUT2D eigenvalue weighted by Gasteiger charge is 2.45. The summed E-state index contributed by atoms with van der Waals surface area (Å²) in [5, 5.41) is -0.0243. The van der Waals surface area contributed by atoms with E-state index in [4.69, 9.17) is 4.74 Å². The van der Waals surface area contributed by atoms with Gasteiger partial charge in [-0.05, 0) is 55.6 Å². The van der Waals surface area contributed by atoms with E-state index >= 15 is 4.39 Å². The van der Waals surface area contributed by atoms with Gasteiger partial charge in [0.25, 0.3) is 0 Å². The maximum absolute atomic E-state index is 15.1. The van der Waals surface area contributed by atoms with E-state index in [1.54, 1.807) is 44.7 Å². The van der Waals surface area contributed by atoms with Crippen molar-refractivity contribution in [2.45, 2.75) is 57.5 Å². The highest BCUT2D eigenvalue weighted by molar-refractivity contribution is 9.10. The van der Waals surface area contributed by atoms with Gasteiger partial charge in [0.05, 0.1) is 22.1 Å². The molecule has 2 bridgehead atoms. The lowest BCUT2D eigenvalue weighted by atomic mass is 10.1. The molecule has 0 aliphatic carbocycles. The molecule has 1 aromatic carbocycles. The summed E-state index contributed by atoms with van der Waals surface area (Å²) in [6.45, 7) is 6.07. The van der Waals surface area contributed by atoms with Gasteiger partial charge in [0.15, 0.2) is 5.82 Å². The van der Waals surface area contributed by atoms with Crippen molar-refractivity contribution in [3.05, 3.63) is 21.9 Å². The van der Waals surface area contributed by atoms with Gasteiger partial charge < -0.3 is 14.5 Å². The summed E-state index contributed by atoms with van der Waals surface area (Å²) in [5.41, 5.74) is -1.97. The lowest BCUT2D eigenvalue weighted by Crippen LogP contribution is -2.57. The summed E-state index contributed by atoms with van der Waals surface area (Å²) >= 11 is 2.76. The maximum atomic E-state index is 15.1. The minimum atomic E-state index is -4.76. The summed E-state index contributed by atoms with van der Waals surface area (Å²) in [5.74, 6) is -0.701. The molecule has 2 unspecified atom stereocenters. The molecule has 3 heterocycles. The second kappa shape index (κ2) is 8.39. The van der Waals surface area contributed by atoms with Gasteiger partial charge in [0, 0.05) is 32.6 Å². The number of hydrogen-bond acceptors (Lipinski definition) is 6. The van der Waals surface area contributed by atoms with E-state index in [9.17, 15) is 18.0 Å². The first-order chi connectivity index (χ1) is 15.7. The lowest BCUT2D eigenvalue weighted by Gasteiger charge is -2.42. The van der Waals surface area contributed by atoms with Crippen molar-refractivity contribution < 1.29 is 27.1 Å². The fourth-order valence-corrected chi connectivity index (χ4v) is 5.04. The van der Waals surface area contributed by atoms with Crippen LogP contribution in [-0.4, -0.2) is 65.8 Å². The van der Waals surface area contributed by atoms with Gasteiger partial charge in [-0.25, -0.2) is 14.2 Å². The Bertz CT molecular complexity index is 1120. The third kappa shape index (κ3) is 4.48. The molecule has 4 rings (SSSR count). The Morgan fingerprint density at radius 1 is 1.15 bits per heavy atom. The number of aromatic nitrogens is 2. The smallest absolute Gasteiger partial charge is 0.417 e. The molecule has 0 radical (unpaired) electrons. The van der Waals surface area contributed by atoms with Crippen LogP contribution < -0.4 is 9.80 Å². The topological polar surface area (TPSA) is 61.8 Å². The number of rotatable bonds is 2. The highest BCUT2D eigenvalue weighted by atomic mass is 79.9. The van der Waals surface area contributed by atoms with E-state index in [0.717, 1.165) is 18.9 Å². The molecule has 2 atom stereocenters. The highest BCUT2D eigenvalue weighted by Crippen LogP contribution is 2.42. The minimum absolute atomic E-state index is 0.0243. The minimum Gasteiger partial charge on any atom is -0.444 e. The van der Waals surface area contributed by atoms with Crippen molar-refractivity contribution >= 4 is 44.7 Å². The molecular formula is C22H26BrF4N5O2. The molecule has 0 N–H and O–H groups in total. The predicted octanol–water partition coefficient (Wildman–Crippen LogP) is 5.20. The van der Waals surface area contributed by atoms with Crippen LogP contribution in [0.2, 0.25) is 0 Å². The van der Waals surface area contributed by atoms with Crippen molar-refractivity contribution in [1.82, 2.24) is 14.9 Å². The van der Waals surface area contributed by atoms with Crippen LogP contribution in [0, 0.1) is 5.82 Å². The molecule has 1 amide bonds. The van der Waals surface area contributed by atoms with Crippen LogP contribution in [0.15, 0.2) is 10.5 Å². The second-order valence-electron chi connectivity index (χ2n) is 9.87. The van der Waals surface area contributed by atoms with E-state index in [1.807, 2.05) is 4.90 Å². The number of anilines is 2. The Labute approximate surface area is 203 Å². The number of carbonyl (C=O) groups excluding carboxylic acids is 1. The molecule has 2 aliphatic heterocycles. The molecule has 12 heteroatoms. The standard InChI is InChI=1S/C22H26BrF4N5O2/c1-21(2,3)34-20(33)32-11-6-7-12(32)10-31(9-11)18-13-8-14(22(25,26)27)15(23)16(24)17(13)28-19(29-18)30(4)5/h8,11-12H,6-7,9-10H2,1-5H3. The van der Waals surface area contributed by atoms with E-state index < -0.39 is 33.7 Å². The number of halogens is 5. The average molecular weight is 548 g/mol. The zero-order chi connectivity index (χ0) is 25.2. The maximum Gasteiger partial charge on any atom is 0.417 e.